The lowest BCUT2D eigenvalue weighted by Crippen LogP contribution is -2.40. The van der Waals surface area contributed by atoms with Crippen LogP contribution in [0.4, 0.5) is 5.82 Å². The zero-order valence-electron chi connectivity index (χ0n) is 10.5. The predicted molar refractivity (Wildman–Crippen MR) is 72.6 cm³/mol. The standard InChI is InChI=1S/C12H20N4S/c1-16-6-4-3-5-10(16)8-13-11-7-12(17-2)15-9-14-11/h7,9-10H,3-6,8H2,1-2H3,(H,13,14,15). The van der Waals surface area contributed by atoms with Gasteiger partial charge in [-0.2, -0.15) is 0 Å². The number of anilines is 1. The molecule has 0 bridgehead atoms. The molecule has 1 aromatic heterocycles. The van der Waals surface area contributed by atoms with E-state index in [0.29, 0.717) is 6.04 Å². The summed E-state index contributed by atoms with van der Waals surface area (Å²) in [5, 5.41) is 4.43. The van der Waals surface area contributed by atoms with E-state index in [4.69, 9.17) is 0 Å². The summed E-state index contributed by atoms with van der Waals surface area (Å²) in [7, 11) is 2.21. The molecule has 1 atom stereocenters. The summed E-state index contributed by atoms with van der Waals surface area (Å²) >= 11 is 1.64. The summed E-state index contributed by atoms with van der Waals surface area (Å²) in [6, 6.07) is 2.64. The van der Waals surface area contributed by atoms with Crippen LogP contribution in [0, 0.1) is 0 Å². The zero-order chi connectivity index (χ0) is 12.1. The summed E-state index contributed by atoms with van der Waals surface area (Å²) < 4.78 is 0. The van der Waals surface area contributed by atoms with Crippen LogP contribution in [0.2, 0.25) is 0 Å². The lowest BCUT2D eigenvalue weighted by Gasteiger charge is -2.32. The summed E-state index contributed by atoms with van der Waals surface area (Å²) in [5.74, 6) is 0.934. The van der Waals surface area contributed by atoms with Crippen LogP contribution in [0.5, 0.6) is 0 Å². The molecule has 17 heavy (non-hydrogen) atoms. The van der Waals surface area contributed by atoms with Gasteiger partial charge in [0, 0.05) is 18.7 Å². The number of likely N-dealkylation sites (N-methyl/N-ethyl adjacent to an activating group) is 1. The predicted octanol–water partition coefficient (Wildman–Crippen LogP) is 2.09. The van der Waals surface area contributed by atoms with Crippen molar-refractivity contribution in [1.29, 1.82) is 0 Å². The van der Waals surface area contributed by atoms with Gasteiger partial charge in [0.2, 0.25) is 0 Å². The van der Waals surface area contributed by atoms with E-state index in [1.807, 2.05) is 12.3 Å². The second kappa shape index (κ2) is 6.21. The number of hydrogen-bond donors (Lipinski definition) is 1. The Bertz CT molecular complexity index is 358. The highest BCUT2D eigenvalue weighted by molar-refractivity contribution is 7.98. The molecule has 0 radical (unpaired) electrons. The van der Waals surface area contributed by atoms with Crippen LogP contribution in [0.3, 0.4) is 0 Å². The minimum Gasteiger partial charge on any atom is -0.368 e. The van der Waals surface area contributed by atoms with Crippen LogP contribution in [-0.2, 0) is 0 Å². The van der Waals surface area contributed by atoms with Gasteiger partial charge >= 0.3 is 0 Å². The molecule has 0 aliphatic carbocycles. The fourth-order valence-electron chi connectivity index (χ4n) is 2.17. The van der Waals surface area contributed by atoms with Gasteiger partial charge in [-0.1, -0.05) is 6.42 Å². The largest absolute Gasteiger partial charge is 0.368 e. The van der Waals surface area contributed by atoms with Crippen LogP contribution in [0.15, 0.2) is 17.4 Å². The van der Waals surface area contributed by atoms with Gasteiger partial charge in [-0.25, -0.2) is 9.97 Å². The van der Waals surface area contributed by atoms with Crippen molar-refractivity contribution in [2.75, 3.05) is 31.7 Å². The highest BCUT2D eigenvalue weighted by Crippen LogP contribution is 2.17. The Kier molecular flexibility index (Phi) is 4.62. The molecule has 0 saturated carbocycles. The van der Waals surface area contributed by atoms with Gasteiger partial charge in [0.1, 0.15) is 17.2 Å². The normalized spacial score (nSPS) is 21.4. The summed E-state index contributed by atoms with van der Waals surface area (Å²) in [6.45, 7) is 2.19. The van der Waals surface area contributed by atoms with Gasteiger partial charge in [-0.3, -0.25) is 0 Å². The van der Waals surface area contributed by atoms with E-state index in [2.05, 4.69) is 27.2 Å². The Morgan fingerprint density at radius 3 is 3.12 bits per heavy atom. The number of piperidine rings is 1. The molecule has 0 amide bonds. The van der Waals surface area contributed by atoms with Gasteiger partial charge in [-0.15, -0.1) is 11.8 Å². The molecule has 1 aliphatic heterocycles. The summed E-state index contributed by atoms with van der Waals surface area (Å²) in [5.41, 5.74) is 0. The Hall–Kier alpha value is -0.810. The van der Waals surface area contributed by atoms with Gasteiger partial charge in [0.25, 0.3) is 0 Å². The van der Waals surface area contributed by atoms with Crippen molar-refractivity contribution >= 4 is 17.6 Å². The number of rotatable bonds is 4. The highest BCUT2D eigenvalue weighted by Gasteiger charge is 2.18. The summed E-state index contributed by atoms with van der Waals surface area (Å²) in [6.07, 6.45) is 7.61. The maximum absolute atomic E-state index is 4.24. The van der Waals surface area contributed by atoms with E-state index in [0.717, 1.165) is 17.4 Å². The molecule has 1 N–H and O–H groups in total. The van der Waals surface area contributed by atoms with Crippen LogP contribution in [0.1, 0.15) is 19.3 Å². The lowest BCUT2D eigenvalue weighted by atomic mass is 10.0. The molecule has 4 nitrogen and oxygen atoms in total. The molecule has 94 valence electrons. The number of hydrogen-bond acceptors (Lipinski definition) is 5. The van der Waals surface area contributed by atoms with E-state index in [1.165, 1.54) is 25.8 Å². The average Bonchev–Trinajstić information content (AvgIpc) is 2.38. The summed E-state index contributed by atoms with van der Waals surface area (Å²) in [4.78, 5) is 10.8. The first-order chi connectivity index (χ1) is 8.29. The Labute approximate surface area is 107 Å². The van der Waals surface area contributed by atoms with E-state index in [1.54, 1.807) is 18.1 Å². The van der Waals surface area contributed by atoms with Crippen LogP contribution < -0.4 is 5.32 Å². The third-order valence-corrected chi connectivity index (χ3v) is 3.93. The van der Waals surface area contributed by atoms with E-state index >= 15 is 0 Å². The lowest BCUT2D eigenvalue weighted by molar-refractivity contribution is 0.194. The molecular formula is C12H20N4S. The average molecular weight is 252 g/mol. The smallest absolute Gasteiger partial charge is 0.130 e. The molecule has 0 aromatic carbocycles. The first kappa shape index (κ1) is 12.6. The fraction of sp³-hybridized carbons (Fsp3) is 0.667. The molecule has 1 aliphatic rings. The Morgan fingerprint density at radius 1 is 1.47 bits per heavy atom. The van der Waals surface area contributed by atoms with Crippen molar-refractivity contribution in [2.45, 2.75) is 30.3 Å². The zero-order valence-corrected chi connectivity index (χ0v) is 11.3. The molecule has 2 rings (SSSR count). The van der Waals surface area contributed by atoms with E-state index in [9.17, 15) is 0 Å². The monoisotopic (exact) mass is 252 g/mol. The topological polar surface area (TPSA) is 41.0 Å². The maximum atomic E-state index is 4.24. The number of nitrogens with zero attached hydrogens (tertiary/aromatic N) is 3. The molecule has 1 saturated heterocycles. The van der Waals surface area contributed by atoms with Crippen molar-refractivity contribution in [3.8, 4) is 0 Å². The second-order valence-electron chi connectivity index (χ2n) is 4.46. The number of aromatic nitrogens is 2. The molecule has 5 heteroatoms. The number of likely N-dealkylation sites (tertiary alicyclic amines) is 1. The van der Waals surface area contributed by atoms with E-state index in [-0.39, 0.29) is 0 Å². The van der Waals surface area contributed by atoms with Gasteiger partial charge in [0.15, 0.2) is 0 Å². The maximum Gasteiger partial charge on any atom is 0.130 e. The minimum absolute atomic E-state index is 0.636. The Balaban J connectivity index is 1.88. The second-order valence-corrected chi connectivity index (χ2v) is 5.28. The highest BCUT2D eigenvalue weighted by atomic mass is 32.2. The van der Waals surface area contributed by atoms with E-state index < -0.39 is 0 Å². The number of nitrogens with one attached hydrogen (secondary N) is 1. The minimum atomic E-state index is 0.636. The number of thioether (sulfide) groups is 1. The molecule has 1 aromatic rings. The van der Waals surface area contributed by atoms with Gasteiger partial charge in [0.05, 0.1) is 0 Å². The van der Waals surface area contributed by atoms with Crippen molar-refractivity contribution in [3.05, 3.63) is 12.4 Å². The SMILES string of the molecule is CSc1cc(NCC2CCCCN2C)ncn1. The van der Waals surface area contributed by atoms with Gasteiger partial charge in [-0.05, 0) is 32.7 Å². The van der Waals surface area contributed by atoms with Crippen LogP contribution >= 0.6 is 11.8 Å². The fourth-order valence-corrected chi connectivity index (χ4v) is 2.55. The first-order valence-electron chi connectivity index (χ1n) is 6.10. The molecular weight excluding hydrogens is 232 g/mol. The van der Waals surface area contributed by atoms with Crippen molar-refractivity contribution in [3.63, 3.8) is 0 Å². The third kappa shape index (κ3) is 3.57. The molecule has 2 heterocycles. The van der Waals surface area contributed by atoms with Crippen LogP contribution in [0.25, 0.3) is 0 Å². The van der Waals surface area contributed by atoms with Crippen LogP contribution in [-0.4, -0.2) is 47.3 Å². The molecule has 0 spiro atoms. The molecule has 1 unspecified atom stereocenters. The Morgan fingerprint density at radius 2 is 2.35 bits per heavy atom. The molecule has 1 fully saturated rings. The van der Waals surface area contributed by atoms with Crippen molar-refractivity contribution < 1.29 is 0 Å². The van der Waals surface area contributed by atoms with Gasteiger partial charge < -0.3 is 10.2 Å². The van der Waals surface area contributed by atoms with Crippen molar-refractivity contribution in [1.82, 2.24) is 14.9 Å². The first-order valence-corrected chi connectivity index (χ1v) is 7.32. The quantitative estimate of drug-likeness (QED) is 0.656. The van der Waals surface area contributed by atoms with Crippen molar-refractivity contribution in [2.24, 2.45) is 0 Å². The third-order valence-electron chi connectivity index (χ3n) is 3.29.